The van der Waals surface area contributed by atoms with Crippen molar-refractivity contribution in [3.05, 3.63) is 64.5 Å². The zero-order valence-corrected chi connectivity index (χ0v) is 12.1. The first-order valence-electron chi connectivity index (χ1n) is 6.67. The van der Waals surface area contributed by atoms with Gasteiger partial charge in [-0.25, -0.2) is 4.39 Å². The smallest absolute Gasteiger partial charge is 0.165 e. The standard InChI is InChI=1S/C17H20FNO/c1-11-5-4-6-12(2)14(11)10-16(19)13-7-8-17(20-3)15(18)9-13/h4-9,16H,10,19H2,1-3H3. The number of ether oxygens (including phenoxy) is 1. The second kappa shape index (κ2) is 6.06. The van der Waals surface area contributed by atoms with Gasteiger partial charge in [-0.1, -0.05) is 24.3 Å². The summed E-state index contributed by atoms with van der Waals surface area (Å²) in [5.74, 6) is -0.130. The van der Waals surface area contributed by atoms with Gasteiger partial charge in [0, 0.05) is 6.04 Å². The Morgan fingerprint density at radius 2 is 1.80 bits per heavy atom. The Bertz CT molecular complexity index is 590. The zero-order chi connectivity index (χ0) is 14.7. The lowest BCUT2D eigenvalue weighted by atomic mass is 9.93. The average Bonchev–Trinajstić information content (AvgIpc) is 2.42. The molecule has 0 aliphatic rings. The predicted molar refractivity (Wildman–Crippen MR) is 79.5 cm³/mol. The van der Waals surface area contributed by atoms with Gasteiger partial charge in [0.2, 0.25) is 0 Å². The van der Waals surface area contributed by atoms with Crippen molar-refractivity contribution in [1.29, 1.82) is 0 Å². The molecule has 2 nitrogen and oxygen atoms in total. The number of methoxy groups -OCH3 is 1. The van der Waals surface area contributed by atoms with Gasteiger partial charge in [-0.15, -0.1) is 0 Å². The molecular weight excluding hydrogens is 253 g/mol. The third kappa shape index (κ3) is 2.99. The van der Waals surface area contributed by atoms with Crippen LogP contribution in [-0.2, 0) is 6.42 Å². The first kappa shape index (κ1) is 14.5. The van der Waals surface area contributed by atoms with Crippen LogP contribution in [0, 0.1) is 19.7 Å². The molecule has 106 valence electrons. The second-order valence-electron chi connectivity index (χ2n) is 5.07. The Hall–Kier alpha value is -1.87. The first-order chi connectivity index (χ1) is 9.52. The van der Waals surface area contributed by atoms with Crippen LogP contribution in [0.3, 0.4) is 0 Å². The van der Waals surface area contributed by atoms with Gasteiger partial charge in [0.05, 0.1) is 7.11 Å². The van der Waals surface area contributed by atoms with Crippen LogP contribution in [0.15, 0.2) is 36.4 Å². The Morgan fingerprint density at radius 3 is 2.35 bits per heavy atom. The number of halogens is 1. The van der Waals surface area contributed by atoms with E-state index >= 15 is 0 Å². The summed E-state index contributed by atoms with van der Waals surface area (Å²) in [7, 11) is 1.45. The zero-order valence-electron chi connectivity index (χ0n) is 12.1. The highest BCUT2D eigenvalue weighted by atomic mass is 19.1. The minimum absolute atomic E-state index is 0.227. The summed E-state index contributed by atoms with van der Waals surface area (Å²) in [5.41, 5.74) is 10.7. The van der Waals surface area contributed by atoms with Crippen LogP contribution in [-0.4, -0.2) is 7.11 Å². The third-order valence-electron chi connectivity index (χ3n) is 3.67. The lowest BCUT2D eigenvalue weighted by Gasteiger charge is -2.16. The van der Waals surface area contributed by atoms with Crippen molar-refractivity contribution < 1.29 is 9.13 Å². The quantitative estimate of drug-likeness (QED) is 0.922. The minimum atomic E-state index is -0.373. The maximum Gasteiger partial charge on any atom is 0.165 e. The molecule has 0 aliphatic heterocycles. The van der Waals surface area contributed by atoms with E-state index < -0.39 is 0 Å². The van der Waals surface area contributed by atoms with E-state index in [4.69, 9.17) is 10.5 Å². The molecule has 1 unspecified atom stereocenters. The average molecular weight is 273 g/mol. The van der Waals surface area contributed by atoms with Crippen molar-refractivity contribution in [2.24, 2.45) is 5.73 Å². The van der Waals surface area contributed by atoms with E-state index in [1.165, 1.54) is 29.9 Å². The van der Waals surface area contributed by atoms with E-state index in [2.05, 4.69) is 26.0 Å². The first-order valence-corrected chi connectivity index (χ1v) is 6.67. The lowest BCUT2D eigenvalue weighted by molar-refractivity contribution is 0.386. The molecule has 0 saturated heterocycles. The van der Waals surface area contributed by atoms with Crippen molar-refractivity contribution >= 4 is 0 Å². The Kier molecular flexibility index (Phi) is 4.40. The SMILES string of the molecule is COc1ccc(C(N)Cc2c(C)cccc2C)cc1F. The van der Waals surface area contributed by atoms with Crippen molar-refractivity contribution in [1.82, 2.24) is 0 Å². The lowest BCUT2D eigenvalue weighted by Crippen LogP contribution is -2.15. The fraction of sp³-hybridized carbons (Fsp3) is 0.294. The third-order valence-corrected chi connectivity index (χ3v) is 3.67. The van der Waals surface area contributed by atoms with E-state index in [0.29, 0.717) is 6.42 Å². The van der Waals surface area contributed by atoms with E-state index in [9.17, 15) is 4.39 Å². The molecule has 0 aromatic heterocycles. The summed E-state index contributed by atoms with van der Waals surface area (Å²) in [6.07, 6.45) is 0.699. The highest BCUT2D eigenvalue weighted by Gasteiger charge is 2.13. The summed E-state index contributed by atoms with van der Waals surface area (Å²) in [6.45, 7) is 4.15. The molecule has 2 rings (SSSR count). The van der Waals surface area contributed by atoms with Gasteiger partial charge in [0.25, 0.3) is 0 Å². The van der Waals surface area contributed by atoms with Crippen LogP contribution in [0.5, 0.6) is 5.75 Å². The molecule has 0 saturated carbocycles. The van der Waals surface area contributed by atoms with Crippen LogP contribution in [0.2, 0.25) is 0 Å². The van der Waals surface area contributed by atoms with Crippen molar-refractivity contribution in [2.75, 3.05) is 7.11 Å². The van der Waals surface area contributed by atoms with Crippen LogP contribution in [0.4, 0.5) is 4.39 Å². The normalized spacial score (nSPS) is 12.2. The molecule has 0 aliphatic carbocycles. The minimum Gasteiger partial charge on any atom is -0.494 e. The van der Waals surface area contributed by atoms with Crippen molar-refractivity contribution in [3.63, 3.8) is 0 Å². The molecule has 1 atom stereocenters. The summed E-state index contributed by atoms with van der Waals surface area (Å²) in [6, 6.07) is 10.8. The molecule has 0 heterocycles. The highest BCUT2D eigenvalue weighted by molar-refractivity contribution is 5.36. The number of rotatable bonds is 4. The van der Waals surface area contributed by atoms with Gasteiger partial charge in [-0.3, -0.25) is 0 Å². The van der Waals surface area contributed by atoms with Gasteiger partial charge >= 0.3 is 0 Å². The van der Waals surface area contributed by atoms with E-state index in [-0.39, 0.29) is 17.6 Å². The summed E-state index contributed by atoms with van der Waals surface area (Å²) in [5, 5.41) is 0. The Morgan fingerprint density at radius 1 is 1.15 bits per heavy atom. The molecule has 0 bridgehead atoms. The Balaban J connectivity index is 2.24. The molecule has 2 aromatic rings. The van der Waals surface area contributed by atoms with Gasteiger partial charge < -0.3 is 10.5 Å². The van der Waals surface area contributed by atoms with E-state index in [1.807, 2.05) is 12.1 Å². The maximum atomic E-state index is 13.7. The second-order valence-corrected chi connectivity index (χ2v) is 5.07. The summed E-state index contributed by atoms with van der Waals surface area (Å²) >= 11 is 0. The fourth-order valence-electron chi connectivity index (χ4n) is 2.42. The van der Waals surface area contributed by atoms with Crippen molar-refractivity contribution in [2.45, 2.75) is 26.3 Å². The molecule has 0 fully saturated rings. The number of hydrogen-bond donors (Lipinski definition) is 1. The van der Waals surface area contributed by atoms with Gasteiger partial charge in [-0.05, 0) is 54.7 Å². The monoisotopic (exact) mass is 273 g/mol. The predicted octanol–water partition coefficient (Wildman–Crippen LogP) is 3.69. The van der Waals surface area contributed by atoms with Gasteiger partial charge in [0.1, 0.15) is 0 Å². The van der Waals surface area contributed by atoms with Gasteiger partial charge in [0.15, 0.2) is 11.6 Å². The molecular formula is C17H20FNO. The molecule has 20 heavy (non-hydrogen) atoms. The summed E-state index contributed by atoms with van der Waals surface area (Å²) < 4.78 is 18.6. The number of benzene rings is 2. The number of aryl methyl sites for hydroxylation is 2. The topological polar surface area (TPSA) is 35.2 Å². The molecule has 0 spiro atoms. The fourth-order valence-corrected chi connectivity index (χ4v) is 2.42. The Labute approximate surface area is 119 Å². The maximum absolute atomic E-state index is 13.7. The van der Waals surface area contributed by atoms with Gasteiger partial charge in [-0.2, -0.15) is 0 Å². The van der Waals surface area contributed by atoms with E-state index in [1.54, 1.807) is 6.07 Å². The molecule has 0 amide bonds. The summed E-state index contributed by atoms with van der Waals surface area (Å²) in [4.78, 5) is 0. The molecule has 0 radical (unpaired) electrons. The van der Waals surface area contributed by atoms with Crippen molar-refractivity contribution in [3.8, 4) is 5.75 Å². The van der Waals surface area contributed by atoms with Crippen LogP contribution in [0.1, 0.15) is 28.3 Å². The highest BCUT2D eigenvalue weighted by Crippen LogP contribution is 2.25. The van der Waals surface area contributed by atoms with Crippen LogP contribution < -0.4 is 10.5 Å². The molecule has 2 N–H and O–H groups in total. The number of hydrogen-bond acceptors (Lipinski definition) is 2. The van der Waals surface area contributed by atoms with E-state index in [0.717, 1.165) is 5.56 Å². The molecule has 2 aromatic carbocycles. The van der Waals surface area contributed by atoms with Crippen LogP contribution in [0.25, 0.3) is 0 Å². The largest absolute Gasteiger partial charge is 0.494 e. The number of nitrogens with two attached hydrogens (primary N) is 1. The molecule has 3 heteroatoms. The van der Waals surface area contributed by atoms with Crippen LogP contribution >= 0.6 is 0 Å².